The molecule has 1 aliphatic carbocycles. The number of carbonyl (C=O) groups excluding carboxylic acids is 2. The largest absolute Gasteiger partial charge is 0.465 e. The smallest absolute Gasteiger partial charge is 0.321 e. The van der Waals surface area contributed by atoms with Crippen LogP contribution in [-0.2, 0) is 11.3 Å². The lowest BCUT2D eigenvalue weighted by Crippen LogP contribution is -2.35. The maximum Gasteiger partial charge on any atom is 0.321 e. The summed E-state index contributed by atoms with van der Waals surface area (Å²) < 4.78 is 5.70. The highest BCUT2D eigenvalue weighted by Gasteiger charge is 2.58. The molecule has 7 nitrogen and oxygen atoms in total. The summed E-state index contributed by atoms with van der Waals surface area (Å²) in [4.78, 5) is 28.9. The molecule has 2 N–H and O–H groups in total. The highest BCUT2D eigenvalue weighted by Crippen LogP contribution is 2.59. The van der Waals surface area contributed by atoms with Crippen molar-refractivity contribution in [3.05, 3.63) is 47.9 Å². The summed E-state index contributed by atoms with van der Waals surface area (Å²) in [6.07, 6.45) is 3.08. The predicted octanol–water partition coefficient (Wildman–Crippen LogP) is 3.36. The molecule has 1 saturated carbocycles. The molecule has 3 aliphatic rings. The van der Waals surface area contributed by atoms with Crippen molar-refractivity contribution in [1.82, 2.24) is 10.2 Å². The maximum atomic E-state index is 12.9. The van der Waals surface area contributed by atoms with Gasteiger partial charge in [0.1, 0.15) is 11.5 Å². The Bertz CT molecular complexity index is 961. The first-order valence-electron chi connectivity index (χ1n) is 10.8. The number of anilines is 2. The molecule has 3 heterocycles. The number of urea groups is 1. The molecule has 158 valence electrons. The number of aryl methyl sites for hydroxylation is 1. The van der Waals surface area contributed by atoms with Gasteiger partial charge in [-0.2, -0.15) is 0 Å². The number of benzene rings is 1. The molecule has 0 radical (unpaired) electrons. The van der Waals surface area contributed by atoms with E-state index in [-0.39, 0.29) is 23.3 Å². The van der Waals surface area contributed by atoms with Crippen LogP contribution in [0.2, 0.25) is 0 Å². The van der Waals surface area contributed by atoms with Crippen LogP contribution in [0.5, 0.6) is 0 Å². The van der Waals surface area contributed by atoms with Gasteiger partial charge in [0.2, 0.25) is 5.91 Å². The van der Waals surface area contributed by atoms with Crippen LogP contribution in [0.15, 0.2) is 40.8 Å². The molecule has 3 amide bonds. The van der Waals surface area contributed by atoms with Gasteiger partial charge in [-0.15, -0.1) is 0 Å². The van der Waals surface area contributed by atoms with Crippen LogP contribution in [-0.4, -0.2) is 43.0 Å². The van der Waals surface area contributed by atoms with Crippen LogP contribution in [0.1, 0.15) is 30.8 Å². The Hall–Kier alpha value is -2.80. The van der Waals surface area contributed by atoms with E-state index in [9.17, 15) is 9.59 Å². The Labute approximate surface area is 176 Å². The third-order valence-corrected chi connectivity index (χ3v) is 6.82. The number of nitrogens with one attached hydrogen (secondary N) is 2. The first-order chi connectivity index (χ1) is 14.5. The molecular formula is C23H28N4O3. The number of nitrogens with zero attached hydrogens (tertiary/aromatic N) is 2. The van der Waals surface area contributed by atoms with Crippen molar-refractivity contribution < 1.29 is 14.0 Å². The van der Waals surface area contributed by atoms with E-state index in [0.29, 0.717) is 13.1 Å². The standard InChI is InChI=1S/C23H28N4O3/c1-16-5-6-19(30-16)15-26-10-7-23(8-11-26)14-20(23)21(28)25-17-3-2-4-18(13-17)27-12-9-24-22(27)29/h2-6,13,20H,7-12,14-15H2,1H3,(H,24,29)(H,25,28). The van der Waals surface area contributed by atoms with Crippen molar-refractivity contribution in [2.45, 2.75) is 32.7 Å². The number of hydrogen-bond donors (Lipinski definition) is 2. The number of rotatable bonds is 5. The average Bonchev–Trinajstić information content (AvgIpc) is 3.02. The number of piperidine rings is 1. The van der Waals surface area contributed by atoms with Crippen LogP contribution in [0.25, 0.3) is 0 Å². The summed E-state index contributed by atoms with van der Waals surface area (Å²) in [6, 6.07) is 11.5. The zero-order valence-corrected chi connectivity index (χ0v) is 17.3. The minimum Gasteiger partial charge on any atom is -0.465 e. The molecule has 2 aromatic rings. The second-order valence-electron chi connectivity index (χ2n) is 8.83. The Morgan fingerprint density at radius 3 is 2.77 bits per heavy atom. The molecule has 1 spiro atoms. The van der Waals surface area contributed by atoms with Crippen LogP contribution in [0.3, 0.4) is 0 Å². The summed E-state index contributed by atoms with van der Waals surface area (Å²) in [5.74, 6) is 2.16. The number of carbonyl (C=O) groups is 2. The van der Waals surface area contributed by atoms with Crippen molar-refractivity contribution >= 4 is 23.3 Å². The molecular weight excluding hydrogens is 380 g/mol. The van der Waals surface area contributed by atoms with Gasteiger partial charge < -0.3 is 15.1 Å². The highest BCUT2D eigenvalue weighted by molar-refractivity contribution is 5.97. The van der Waals surface area contributed by atoms with Gasteiger partial charge in [0.25, 0.3) is 0 Å². The number of likely N-dealkylation sites (tertiary alicyclic amines) is 1. The molecule has 7 heteroatoms. The van der Waals surface area contributed by atoms with Crippen molar-refractivity contribution in [3.63, 3.8) is 0 Å². The maximum absolute atomic E-state index is 12.9. The normalized spacial score (nSPS) is 22.9. The summed E-state index contributed by atoms with van der Waals surface area (Å²) in [6.45, 7) is 6.12. The Balaban J connectivity index is 1.16. The van der Waals surface area contributed by atoms with E-state index in [1.807, 2.05) is 43.3 Å². The second kappa shape index (κ2) is 7.47. The zero-order valence-electron chi connectivity index (χ0n) is 17.3. The molecule has 1 unspecified atom stereocenters. The number of furan rings is 1. The monoisotopic (exact) mass is 408 g/mol. The number of hydrogen-bond acceptors (Lipinski definition) is 4. The number of amides is 3. The van der Waals surface area contributed by atoms with Crippen LogP contribution in [0, 0.1) is 18.3 Å². The molecule has 2 aliphatic heterocycles. The first kappa shape index (κ1) is 19.2. The zero-order chi connectivity index (χ0) is 20.7. The van der Waals surface area contributed by atoms with E-state index in [1.54, 1.807) is 4.90 Å². The second-order valence-corrected chi connectivity index (χ2v) is 8.83. The lowest BCUT2D eigenvalue weighted by atomic mass is 9.90. The quantitative estimate of drug-likeness (QED) is 0.795. The summed E-state index contributed by atoms with van der Waals surface area (Å²) >= 11 is 0. The molecule has 5 rings (SSSR count). The Morgan fingerprint density at radius 2 is 2.07 bits per heavy atom. The van der Waals surface area contributed by atoms with Gasteiger partial charge in [-0.05, 0) is 75.0 Å². The Morgan fingerprint density at radius 1 is 1.23 bits per heavy atom. The topological polar surface area (TPSA) is 77.8 Å². The van der Waals surface area contributed by atoms with Gasteiger partial charge in [-0.3, -0.25) is 14.6 Å². The molecule has 0 bridgehead atoms. The van der Waals surface area contributed by atoms with Gasteiger partial charge in [0, 0.05) is 30.4 Å². The minimum absolute atomic E-state index is 0.0870. The fraction of sp³-hybridized carbons (Fsp3) is 0.478. The van der Waals surface area contributed by atoms with Crippen molar-refractivity contribution in [2.24, 2.45) is 11.3 Å². The summed E-state index contributed by atoms with van der Waals surface area (Å²) in [5, 5.41) is 5.89. The SMILES string of the molecule is Cc1ccc(CN2CCC3(CC2)CC3C(=O)Nc2cccc(N3CCNC3=O)c2)o1. The van der Waals surface area contributed by atoms with Crippen LogP contribution >= 0.6 is 0 Å². The minimum atomic E-state index is -0.0870. The summed E-state index contributed by atoms with van der Waals surface area (Å²) in [5.41, 5.74) is 1.73. The summed E-state index contributed by atoms with van der Waals surface area (Å²) in [7, 11) is 0. The fourth-order valence-electron chi connectivity index (χ4n) is 4.92. The third kappa shape index (κ3) is 3.69. The van der Waals surface area contributed by atoms with Crippen molar-refractivity contribution in [3.8, 4) is 0 Å². The first-order valence-corrected chi connectivity index (χ1v) is 10.8. The van der Waals surface area contributed by atoms with E-state index in [4.69, 9.17) is 4.42 Å². The lowest BCUT2D eigenvalue weighted by molar-refractivity contribution is -0.118. The molecule has 30 heavy (non-hydrogen) atoms. The van der Waals surface area contributed by atoms with E-state index in [0.717, 1.165) is 61.8 Å². The molecule has 2 saturated heterocycles. The lowest BCUT2D eigenvalue weighted by Gasteiger charge is -2.32. The van der Waals surface area contributed by atoms with E-state index < -0.39 is 0 Å². The Kier molecular flexibility index (Phi) is 4.77. The fourth-order valence-corrected chi connectivity index (χ4v) is 4.92. The van der Waals surface area contributed by atoms with Gasteiger partial charge in [-0.1, -0.05) is 6.07 Å². The molecule has 1 aromatic heterocycles. The van der Waals surface area contributed by atoms with Crippen LogP contribution in [0.4, 0.5) is 16.2 Å². The van der Waals surface area contributed by atoms with Crippen molar-refractivity contribution in [1.29, 1.82) is 0 Å². The highest BCUT2D eigenvalue weighted by atomic mass is 16.3. The molecule has 1 atom stereocenters. The van der Waals surface area contributed by atoms with Crippen LogP contribution < -0.4 is 15.5 Å². The van der Waals surface area contributed by atoms with E-state index in [2.05, 4.69) is 15.5 Å². The predicted molar refractivity (Wildman–Crippen MR) is 114 cm³/mol. The molecule has 1 aromatic carbocycles. The van der Waals surface area contributed by atoms with E-state index in [1.165, 1.54) is 0 Å². The van der Waals surface area contributed by atoms with Gasteiger partial charge >= 0.3 is 6.03 Å². The third-order valence-electron chi connectivity index (χ3n) is 6.82. The van der Waals surface area contributed by atoms with Crippen molar-refractivity contribution in [2.75, 3.05) is 36.4 Å². The van der Waals surface area contributed by atoms with E-state index >= 15 is 0 Å². The molecule has 3 fully saturated rings. The average molecular weight is 409 g/mol. The van der Waals surface area contributed by atoms with Gasteiger partial charge in [0.05, 0.1) is 6.54 Å². The van der Waals surface area contributed by atoms with Gasteiger partial charge in [0.15, 0.2) is 0 Å². The van der Waals surface area contributed by atoms with Gasteiger partial charge in [-0.25, -0.2) is 4.79 Å².